The highest BCUT2D eigenvalue weighted by Gasteiger charge is 2.23. The second kappa shape index (κ2) is 11.8. The Morgan fingerprint density at radius 2 is 1.83 bits per heavy atom. The van der Waals surface area contributed by atoms with E-state index < -0.39 is 0 Å². The predicted molar refractivity (Wildman–Crippen MR) is 106 cm³/mol. The van der Waals surface area contributed by atoms with E-state index in [0.29, 0.717) is 25.9 Å². The molecule has 0 aliphatic carbocycles. The van der Waals surface area contributed by atoms with Crippen molar-refractivity contribution in [2.45, 2.75) is 33.5 Å². The fraction of sp³-hybridized carbons (Fsp3) is 0.579. The molecule has 0 bridgehead atoms. The Bertz CT molecular complexity index is 483. The van der Waals surface area contributed by atoms with Gasteiger partial charge in [-0.05, 0) is 50.8 Å². The maximum atomic E-state index is 5.89. The van der Waals surface area contributed by atoms with Crippen molar-refractivity contribution in [3.63, 3.8) is 0 Å². The van der Waals surface area contributed by atoms with Gasteiger partial charge in [0.1, 0.15) is 12.5 Å². The number of allylic oxidation sites excluding steroid dienone is 1. The zero-order valence-corrected chi connectivity index (χ0v) is 17.4. The van der Waals surface area contributed by atoms with E-state index in [9.17, 15) is 0 Å². The van der Waals surface area contributed by atoms with Gasteiger partial charge in [0.25, 0.3) is 0 Å². The number of hydrogen-bond acceptors (Lipinski definition) is 4. The third-order valence-corrected chi connectivity index (χ3v) is 4.12. The van der Waals surface area contributed by atoms with Crippen LogP contribution in [0.3, 0.4) is 0 Å². The highest BCUT2D eigenvalue weighted by atomic mass is 127. The fourth-order valence-electron chi connectivity index (χ4n) is 2.62. The summed E-state index contributed by atoms with van der Waals surface area (Å²) in [5.74, 6) is 1.42. The van der Waals surface area contributed by atoms with Crippen LogP contribution in [0.25, 0.3) is 0 Å². The van der Waals surface area contributed by atoms with Crippen LogP contribution in [0.15, 0.2) is 33.9 Å². The summed E-state index contributed by atoms with van der Waals surface area (Å²) >= 11 is 2.33. The average molecular weight is 448 g/mol. The summed E-state index contributed by atoms with van der Waals surface area (Å²) in [7, 11) is 3.31. The van der Waals surface area contributed by atoms with Gasteiger partial charge < -0.3 is 18.9 Å². The Morgan fingerprint density at radius 3 is 2.38 bits per heavy atom. The molecule has 3 atom stereocenters. The summed E-state index contributed by atoms with van der Waals surface area (Å²) in [5, 5.41) is 0. The number of rotatable bonds is 11. The van der Waals surface area contributed by atoms with Crippen molar-refractivity contribution < 1.29 is 18.9 Å². The lowest BCUT2D eigenvalue weighted by atomic mass is 9.93. The first kappa shape index (κ1) is 21.4. The van der Waals surface area contributed by atoms with Gasteiger partial charge >= 0.3 is 0 Å². The molecule has 0 saturated heterocycles. The topological polar surface area (TPSA) is 36.9 Å². The normalized spacial score (nSPS) is 15.8. The van der Waals surface area contributed by atoms with Crippen LogP contribution in [0.2, 0.25) is 0 Å². The molecule has 0 aliphatic rings. The minimum Gasteiger partial charge on any atom is -0.497 e. The van der Waals surface area contributed by atoms with E-state index in [1.165, 1.54) is 3.58 Å². The molecule has 0 aromatic heterocycles. The smallest absolute Gasteiger partial charge is 0.146 e. The molecule has 0 fully saturated rings. The fourth-order valence-corrected chi connectivity index (χ4v) is 3.18. The quantitative estimate of drug-likeness (QED) is 0.360. The van der Waals surface area contributed by atoms with E-state index in [4.69, 9.17) is 18.9 Å². The van der Waals surface area contributed by atoms with Crippen molar-refractivity contribution in [2.24, 2.45) is 11.8 Å². The number of ether oxygens (including phenoxy) is 4. The van der Waals surface area contributed by atoms with Crippen molar-refractivity contribution in [2.75, 3.05) is 27.6 Å². The van der Waals surface area contributed by atoms with Crippen LogP contribution < -0.4 is 4.74 Å². The van der Waals surface area contributed by atoms with Gasteiger partial charge in [-0.1, -0.05) is 32.1 Å². The highest BCUT2D eigenvalue weighted by molar-refractivity contribution is 14.1. The summed E-state index contributed by atoms with van der Waals surface area (Å²) in [5.41, 5.74) is 1.13. The molecule has 4 nitrogen and oxygen atoms in total. The predicted octanol–water partition coefficient (Wildman–Crippen LogP) is 4.81. The van der Waals surface area contributed by atoms with E-state index >= 15 is 0 Å². The molecular formula is C19H29IO4. The van der Waals surface area contributed by atoms with Crippen molar-refractivity contribution in [3.8, 4) is 5.75 Å². The second-order valence-electron chi connectivity index (χ2n) is 5.99. The van der Waals surface area contributed by atoms with Gasteiger partial charge in [-0.3, -0.25) is 0 Å². The van der Waals surface area contributed by atoms with E-state index in [-0.39, 0.29) is 12.0 Å². The number of methoxy groups -OCH3 is 2. The van der Waals surface area contributed by atoms with Crippen LogP contribution in [0.1, 0.15) is 26.3 Å². The monoisotopic (exact) mass is 448 g/mol. The zero-order valence-electron chi connectivity index (χ0n) is 15.3. The summed E-state index contributed by atoms with van der Waals surface area (Å²) < 4.78 is 23.3. The molecule has 5 heteroatoms. The molecule has 0 radical (unpaired) electrons. The van der Waals surface area contributed by atoms with E-state index in [1.807, 2.05) is 24.3 Å². The lowest BCUT2D eigenvalue weighted by molar-refractivity contribution is -0.112. The maximum absolute atomic E-state index is 5.89. The number of benzene rings is 1. The molecule has 0 unspecified atom stereocenters. The van der Waals surface area contributed by atoms with Gasteiger partial charge in [-0.2, -0.15) is 0 Å². The second-order valence-corrected chi connectivity index (χ2v) is 7.69. The summed E-state index contributed by atoms with van der Waals surface area (Å²) in [6.45, 7) is 7.94. The Morgan fingerprint density at radius 1 is 1.17 bits per heavy atom. The maximum Gasteiger partial charge on any atom is 0.146 e. The molecule has 0 saturated carbocycles. The highest BCUT2D eigenvalue weighted by Crippen LogP contribution is 2.22. The van der Waals surface area contributed by atoms with Gasteiger partial charge in [0.15, 0.2) is 0 Å². The molecule has 0 spiro atoms. The van der Waals surface area contributed by atoms with Gasteiger partial charge in [0, 0.05) is 18.9 Å². The summed E-state index contributed by atoms with van der Waals surface area (Å²) in [6, 6.07) is 7.94. The van der Waals surface area contributed by atoms with Gasteiger partial charge in [0.05, 0.1) is 26.4 Å². The van der Waals surface area contributed by atoms with Crippen molar-refractivity contribution in [3.05, 3.63) is 39.5 Å². The first-order valence-corrected chi connectivity index (χ1v) is 9.21. The van der Waals surface area contributed by atoms with Gasteiger partial charge in [0.2, 0.25) is 0 Å². The van der Waals surface area contributed by atoms with Crippen LogP contribution in [-0.4, -0.2) is 33.7 Å². The summed E-state index contributed by atoms with van der Waals surface area (Å²) in [6.07, 6.45) is 2.28. The molecule has 24 heavy (non-hydrogen) atoms. The van der Waals surface area contributed by atoms with Crippen LogP contribution >= 0.6 is 22.6 Å². The van der Waals surface area contributed by atoms with Gasteiger partial charge in [-0.25, -0.2) is 0 Å². The van der Waals surface area contributed by atoms with Crippen molar-refractivity contribution in [1.29, 1.82) is 0 Å². The Hall–Kier alpha value is -0.630. The van der Waals surface area contributed by atoms with Crippen LogP contribution in [0, 0.1) is 11.8 Å². The SMILES string of the molecule is COCO[C@H]([C@@H](C)C=C(C)I)[C@@H](C)COCc1ccc(OC)cc1. The van der Waals surface area contributed by atoms with E-state index in [1.54, 1.807) is 14.2 Å². The Balaban J connectivity index is 2.53. The molecule has 0 aliphatic heterocycles. The number of halogens is 1. The number of hydrogen-bond donors (Lipinski definition) is 0. The lowest BCUT2D eigenvalue weighted by Crippen LogP contribution is -2.32. The van der Waals surface area contributed by atoms with Crippen molar-refractivity contribution >= 4 is 22.6 Å². The largest absolute Gasteiger partial charge is 0.497 e. The third-order valence-electron chi connectivity index (χ3n) is 3.76. The van der Waals surface area contributed by atoms with Crippen LogP contribution in [0.5, 0.6) is 5.75 Å². The third kappa shape index (κ3) is 7.96. The summed E-state index contributed by atoms with van der Waals surface area (Å²) in [4.78, 5) is 0. The standard InChI is InChI=1S/C19H29IO4/c1-14(10-16(3)20)19(24-13-21-4)15(2)11-23-12-17-6-8-18(22-5)9-7-17/h6-10,14-15,19H,11-13H2,1-5H3/t14-,15-,19+/m0/s1. The molecule has 1 rings (SSSR count). The molecule has 136 valence electrons. The Labute approximate surface area is 159 Å². The van der Waals surface area contributed by atoms with Gasteiger partial charge in [-0.15, -0.1) is 0 Å². The first-order chi connectivity index (χ1) is 11.5. The van der Waals surface area contributed by atoms with Crippen LogP contribution in [-0.2, 0) is 20.8 Å². The van der Waals surface area contributed by atoms with Crippen LogP contribution in [0.4, 0.5) is 0 Å². The minimum absolute atomic E-state index is 0.0607. The molecule has 0 heterocycles. The Kier molecular flexibility index (Phi) is 10.6. The molecular weight excluding hydrogens is 419 g/mol. The van der Waals surface area contributed by atoms with Crippen molar-refractivity contribution in [1.82, 2.24) is 0 Å². The first-order valence-electron chi connectivity index (χ1n) is 8.13. The average Bonchev–Trinajstić information content (AvgIpc) is 2.55. The van der Waals surface area contributed by atoms with E-state index in [2.05, 4.69) is 49.4 Å². The van der Waals surface area contributed by atoms with E-state index in [0.717, 1.165) is 11.3 Å². The zero-order chi connectivity index (χ0) is 17.9. The molecule has 1 aromatic carbocycles. The molecule has 0 N–H and O–H groups in total. The molecule has 0 amide bonds. The minimum atomic E-state index is 0.0607. The molecule has 1 aromatic rings. The lowest BCUT2D eigenvalue weighted by Gasteiger charge is -2.28.